The van der Waals surface area contributed by atoms with Gasteiger partial charge in [-0.2, -0.15) is 13.2 Å². The molecule has 1 heterocycles. The first-order chi connectivity index (χ1) is 17.1. The summed E-state index contributed by atoms with van der Waals surface area (Å²) >= 11 is 0. The average Bonchev–Trinajstić information content (AvgIpc) is 3.24. The van der Waals surface area contributed by atoms with Crippen molar-refractivity contribution in [2.24, 2.45) is 0 Å². The fourth-order valence-electron chi connectivity index (χ4n) is 4.03. The molecule has 186 valence electrons. The zero-order valence-electron chi connectivity index (χ0n) is 19.3. The van der Waals surface area contributed by atoms with Crippen LogP contribution in [0.2, 0.25) is 0 Å². The van der Waals surface area contributed by atoms with Crippen molar-refractivity contribution in [2.75, 3.05) is 11.9 Å². The lowest BCUT2D eigenvalue weighted by atomic mass is 10.0. The Kier molecular flexibility index (Phi) is 7.00. The van der Waals surface area contributed by atoms with Gasteiger partial charge in [-0.3, -0.25) is 9.59 Å². The molecule has 1 atom stereocenters. The van der Waals surface area contributed by atoms with Crippen LogP contribution in [0.25, 0.3) is 10.9 Å². The number of carbonyl (C=O) groups excluding carboxylic acids is 2. The van der Waals surface area contributed by atoms with Gasteiger partial charge in [0.05, 0.1) is 12.0 Å². The normalized spacial score (nSPS) is 12.3. The molecule has 0 aliphatic heterocycles. The number of aromatic nitrogens is 1. The van der Waals surface area contributed by atoms with Crippen molar-refractivity contribution in [1.29, 1.82) is 0 Å². The first-order valence-electron chi connectivity index (χ1n) is 11.2. The number of aromatic amines is 1. The van der Waals surface area contributed by atoms with E-state index in [-0.39, 0.29) is 24.3 Å². The minimum absolute atomic E-state index is 0.0589. The molecule has 0 radical (unpaired) electrons. The topological polar surface area (TPSA) is 85.4 Å². The van der Waals surface area contributed by atoms with E-state index in [1.807, 2.05) is 6.07 Å². The van der Waals surface area contributed by atoms with Crippen molar-refractivity contribution in [3.05, 3.63) is 95.7 Å². The fourth-order valence-corrected chi connectivity index (χ4v) is 4.03. The third kappa shape index (κ3) is 5.68. The molecule has 4 rings (SSSR count). The van der Waals surface area contributed by atoms with Gasteiger partial charge in [0.15, 0.2) is 0 Å². The lowest BCUT2D eigenvalue weighted by Crippen LogP contribution is -2.49. The van der Waals surface area contributed by atoms with Gasteiger partial charge in [0, 0.05) is 36.3 Å². The van der Waals surface area contributed by atoms with Crippen molar-refractivity contribution < 1.29 is 27.9 Å². The molecule has 2 amide bonds. The van der Waals surface area contributed by atoms with Crippen molar-refractivity contribution in [3.8, 4) is 5.75 Å². The average molecular weight is 496 g/mol. The maximum atomic E-state index is 13.4. The largest absolute Gasteiger partial charge is 0.508 e. The minimum atomic E-state index is -4.55. The standard InChI is InChI=1S/C27H24F3N3O3/c1-33(20-9-5-8-19(14-20)27(28,29)30)26(36)24(12-17-6-3-2-4-7-17)32-25(35)13-18-16-31-23-11-10-21(34)15-22(18)23/h2-11,14-16,24,31,34H,12-13H2,1H3,(H,32,35)/t24-/m0/s1. The summed E-state index contributed by atoms with van der Waals surface area (Å²) < 4.78 is 39.6. The van der Waals surface area contributed by atoms with Gasteiger partial charge < -0.3 is 20.3 Å². The van der Waals surface area contributed by atoms with Crippen molar-refractivity contribution >= 4 is 28.4 Å². The van der Waals surface area contributed by atoms with Gasteiger partial charge in [0.25, 0.3) is 0 Å². The number of aromatic hydroxyl groups is 1. The van der Waals surface area contributed by atoms with Crippen LogP contribution in [0.15, 0.2) is 79.0 Å². The van der Waals surface area contributed by atoms with E-state index >= 15 is 0 Å². The Morgan fingerprint density at radius 1 is 1.03 bits per heavy atom. The smallest absolute Gasteiger partial charge is 0.416 e. The minimum Gasteiger partial charge on any atom is -0.508 e. The molecule has 9 heteroatoms. The number of halogens is 3. The van der Waals surface area contributed by atoms with Crippen LogP contribution in [0.1, 0.15) is 16.7 Å². The Labute approximate surface area is 205 Å². The predicted octanol–water partition coefficient (Wildman–Crippen LogP) is 4.83. The maximum Gasteiger partial charge on any atom is 0.416 e. The van der Waals surface area contributed by atoms with Crippen LogP contribution in [-0.2, 0) is 28.6 Å². The first-order valence-corrected chi connectivity index (χ1v) is 11.2. The van der Waals surface area contributed by atoms with Gasteiger partial charge in [-0.25, -0.2) is 0 Å². The summed E-state index contributed by atoms with van der Waals surface area (Å²) in [5, 5.41) is 13.2. The molecule has 0 aliphatic rings. The number of phenols is 1. The molecule has 6 nitrogen and oxygen atoms in total. The number of hydrogen-bond donors (Lipinski definition) is 3. The van der Waals surface area contributed by atoms with Gasteiger partial charge >= 0.3 is 6.18 Å². The highest BCUT2D eigenvalue weighted by Gasteiger charge is 2.32. The summed E-state index contributed by atoms with van der Waals surface area (Å²) in [6.45, 7) is 0. The van der Waals surface area contributed by atoms with Crippen LogP contribution in [0.4, 0.5) is 18.9 Å². The number of H-pyrrole nitrogens is 1. The second-order valence-corrected chi connectivity index (χ2v) is 8.48. The van der Waals surface area contributed by atoms with E-state index in [9.17, 15) is 27.9 Å². The Hall–Kier alpha value is -4.27. The molecule has 0 aliphatic carbocycles. The lowest BCUT2D eigenvalue weighted by Gasteiger charge is -2.25. The lowest BCUT2D eigenvalue weighted by molar-refractivity contribution is -0.137. The second kappa shape index (κ2) is 10.2. The van der Waals surface area contributed by atoms with E-state index in [0.29, 0.717) is 10.9 Å². The number of alkyl halides is 3. The van der Waals surface area contributed by atoms with Crippen LogP contribution in [-0.4, -0.2) is 35.0 Å². The zero-order chi connectivity index (χ0) is 25.9. The molecular weight excluding hydrogens is 471 g/mol. The molecule has 0 fully saturated rings. The summed E-state index contributed by atoms with van der Waals surface area (Å²) in [6, 6.07) is 17.3. The maximum absolute atomic E-state index is 13.4. The monoisotopic (exact) mass is 495 g/mol. The number of benzene rings is 3. The van der Waals surface area contributed by atoms with Crippen molar-refractivity contribution in [3.63, 3.8) is 0 Å². The number of nitrogens with one attached hydrogen (secondary N) is 2. The SMILES string of the molecule is CN(C(=O)[C@H](Cc1ccccc1)NC(=O)Cc1c[nH]c2ccc(O)cc12)c1cccc(C(F)(F)F)c1. The molecule has 0 saturated carbocycles. The number of hydrogen-bond acceptors (Lipinski definition) is 3. The number of phenolic OH excluding ortho intramolecular Hbond substituents is 1. The highest BCUT2D eigenvalue weighted by molar-refractivity contribution is 5.99. The first kappa shape index (κ1) is 24.8. The molecule has 0 saturated heterocycles. The third-order valence-electron chi connectivity index (χ3n) is 5.91. The summed E-state index contributed by atoms with van der Waals surface area (Å²) in [7, 11) is 1.38. The van der Waals surface area contributed by atoms with Gasteiger partial charge in [-0.05, 0) is 47.5 Å². The molecule has 1 aromatic heterocycles. The Morgan fingerprint density at radius 2 is 1.78 bits per heavy atom. The van der Waals surface area contributed by atoms with Crippen LogP contribution < -0.4 is 10.2 Å². The molecule has 3 aromatic carbocycles. The fraction of sp³-hybridized carbons (Fsp3) is 0.185. The summed E-state index contributed by atoms with van der Waals surface area (Å²) in [6.07, 6.45) is -2.80. The molecule has 0 spiro atoms. The van der Waals surface area contributed by atoms with Crippen LogP contribution in [0, 0.1) is 0 Å². The van der Waals surface area contributed by atoms with E-state index in [1.54, 1.807) is 42.6 Å². The number of fused-ring (bicyclic) bond motifs is 1. The molecule has 4 aromatic rings. The number of anilines is 1. The molecule has 3 N–H and O–H groups in total. The molecule has 0 unspecified atom stereocenters. The van der Waals surface area contributed by atoms with E-state index in [0.717, 1.165) is 28.1 Å². The van der Waals surface area contributed by atoms with E-state index in [1.165, 1.54) is 25.2 Å². The Morgan fingerprint density at radius 3 is 2.50 bits per heavy atom. The molecular formula is C27H24F3N3O3. The molecule has 36 heavy (non-hydrogen) atoms. The quantitative estimate of drug-likeness (QED) is 0.344. The van der Waals surface area contributed by atoms with Crippen LogP contribution in [0.5, 0.6) is 5.75 Å². The third-order valence-corrected chi connectivity index (χ3v) is 5.91. The highest BCUT2D eigenvalue weighted by Crippen LogP contribution is 2.31. The number of likely N-dealkylation sites (N-methyl/N-ethyl adjacent to an activating group) is 1. The van der Waals surface area contributed by atoms with Gasteiger partial charge in [0.1, 0.15) is 11.8 Å². The van der Waals surface area contributed by atoms with Crippen LogP contribution in [0.3, 0.4) is 0 Å². The van der Waals surface area contributed by atoms with Crippen molar-refractivity contribution in [2.45, 2.75) is 25.1 Å². The number of carbonyl (C=O) groups is 2. The highest BCUT2D eigenvalue weighted by atomic mass is 19.4. The van der Waals surface area contributed by atoms with E-state index in [2.05, 4.69) is 10.3 Å². The van der Waals surface area contributed by atoms with Crippen LogP contribution >= 0.6 is 0 Å². The Balaban J connectivity index is 1.57. The van der Waals surface area contributed by atoms with E-state index < -0.39 is 29.6 Å². The van der Waals surface area contributed by atoms with Gasteiger partial charge in [-0.15, -0.1) is 0 Å². The van der Waals surface area contributed by atoms with Gasteiger partial charge in [0.2, 0.25) is 11.8 Å². The number of amides is 2. The summed E-state index contributed by atoms with van der Waals surface area (Å²) in [4.78, 5) is 30.5. The Bertz CT molecular complexity index is 1380. The van der Waals surface area contributed by atoms with Gasteiger partial charge in [-0.1, -0.05) is 36.4 Å². The van der Waals surface area contributed by atoms with E-state index in [4.69, 9.17) is 0 Å². The number of nitrogens with zero attached hydrogens (tertiary/aromatic N) is 1. The second-order valence-electron chi connectivity index (χ2n) is 8.48. The predicted molar refractivity (Wildman–Crippen MR) is 131 cm³/mol. The number of rotatable bonds is 7. The molecule has 0 bridgehead atoms. The summed E-state index contributed by atoms with van der Waals surface area (Å²) in [5.74, 6) is -0.933. The zero-order valence-corrected chi connectivity index (χ0v) is 19.3. The summed E-state index contributed by atoms with van der Waals surface area (Å²) in [5.41, 5.74) is 1.36. The van der Waals surface area contributed by atoms with Crippen molar-refractivity contribution in [1.82, 2.24) is 10.3 Å².